The second-order valence-electron chi connectivity index (χ2n) is 9.49. The van der Waals surface area contributed by atoms with Gasteiger partial charge in [0.15, 0.2) is 0 Å². The number of nitrogens with one attached hydrogen (secondary N) is 1. The lowest BCUT2D eigenvalue weighted by Gasteiger charge is -2.21. The van der Waals surface area contributed by atoms with E-state index in [-0.39, 0.29) is 30.8 Å². The number of carbonyl (C=O) groups excluding carboxylic acids is 4. The number of aromatic hydroxyl groups is 1. The lowest BCUT2D eigenvalue weighted by molar-refractivity contribution is -0.152. The summed E-state index contributed by atoms with van der Waals surface area (Å²) in [4.78, 5) is 51.1. The summed E-state index contributed by atoms with van der Waals surface area (Å²) in [5.74, 6) is -4.24. The van der Waals surface area contributed by atoms with Crippen molar-refractivity contribution in [1.29, 1.82) is 0 Å². The van der Waals surface area contributed by atoms with Crippen molar-refractivity contribution in [1.82, 2.24) is 5.32 Å². The molecule has 11 nitrogen and oxygen atoms in total. The fraction of sp³-hybridized carbons (Fsp3) is 0.267. The third-order valence-electron chi connectivity index (χ3n) is 6.28. The van der Waals surface area contributed by atoms with Crippen LogP contribution in [-0.4, -0.2) is 59.2 Å². The van der Waals surface area contributed by atoms with Gasteiger partial charge in [-0.05, 0) is 34.3 Å². The highest BCUT2D eigenvalue weighted by atomic mass is 16.5. The summed E-state index contributed by atoms with van der Waals surface area (Å²) in [6.45, 7) is -0.207. The first-order valence-electron chi connectivity index (χ1n) is 13.1. The van der Waals surface area contributed by atoms with Crippen molar-refractivity contribution >= 4 is 36.4 Å². The molecule has 220 valence electrons. The number of ether oxygens (including phenoxy) is 3. The number of phenolic OH excluding ortho intramolecular Hbond substituents is 1. The normalized spacial score (nSPS) is 12.0. The van der Waals surface area contributed by atoms with Gasteiger partial charge in [0.1, 0.15) is 25.0 Å². The molecular weight excluding hydrogens is 545 g/mol. The minimum Gasteiger partial charge on any atom is -0.508 e. The molecule has 1 amide bonds. The number of rotatable bonds is 14. The standard InChI is InChI=1S/C30H32BNO10/c1-40-27(34)16-23(17-28(35)41-19-22-8-5-9-25(33)14-22)29(36)32-26(15-20-10-12-24(13-11-20)31(38)39)30(37)42-18-21-6-3-2-4-7-21/h2-14,23,26,33,38-39H,15-19H2,1H3,(H,32,36)/t23-,26+/m1/s1. The Morgan fingerprint density at radius 2 is 1.43 bits per heavy atom. The molecule has 2 atom stereocenters. The maximum atomic E-state index is 13.3. The van der Waals surface area contributed by atoms with Gasteiger partial charge in [0, 0.05) is 6.42 Å². The Morgan fingerprint density at radius 3 is 2.07 bits per heavy atom. The molecule has 0 aliphatic carbocycles. The molecule has 0 bridgehead atoms. The molecule has 0 spiro atoms. The second-order valence-corrected chi connectivity index (χ2v) is 9.49. The van der Waals surface area contributed by atoms with Crippen LogP contribution in [0.15, 0.2) is 78.9 Å². The van der Waals surface area contributed by atoms with E-state index in [1.807, 2.05) is 6.07 Å². The van der Waals surface area contributed by atoms with Crippen molar-refractivity contribution in [3.8, 4) is 5.75 Å². The van der Waals surface area contributed by atoms with Gasteiger partial charge in [0.05, 0.1) is 25.9 Å². The zero-order valence-corrected chi connectivity index (χ0v) is 23.0. The molecule has 0 aliphatic rings. The maximum absolute atomic E-state index is 13.3. The van der Waals surface area contributed by atoms with Crippen LogP contribution >= 0.6 is 0 Å². The third-order valence-corrected chi connectivity index (χ3v) is 6.28. The monoisotopic (exact) mass is 577 g/mol. The van der Waals surface area contributed by atoms with Crippen molar-refractivity contribution in [2.24, 2.45) is 5.92 Å². The number of methoxy groups -OCH3 is 1. The zero-order chi connectivity index (χ0) is 30.5. The number of hydrogen-bond donors (Lipinski definition) is 4. The highest BCUT2D eigenvalue weighted by Crippen LogP contribution is 2.16. The summed E-state index contributed by atoms with van der Waals surface area (Å²) >= 11 is 0. The lowest BCUT2D eigenvalue weighted by atomic mass is 9.80. The van der Waals surface area contributed by atoms with Crippen LogP contribution in [0.1, 0.15) is 29.5 Å². The molecule has 0 aromatic heterocycles. The molecule has 0 saturated heterocycles. The Kier molecular flexibility index (Phi) is 12.1. The minimum atomic E-state index is -1.67. The van der Waals surface area contributed by atoms with E-state index in [0.29, 0.717) is 11.1 Å². The van der Waals surface area contributed by atoms with E-state index in [0.717, 1.165) is 12.7 Å². The predicted octanol–water partition coefficient (Wildman–Crippen LogP) is 1.16. The number of esters is 3. The van der Waals surface area contributed by atoms with Crippen LogP contribution in [0.5, 0.6) is 5.75 Å². The molecule has 0 aliphatic heterocycles. The van der Waals surface area contributed by atoms with E-state index in [2.05, 4.69) is 10.1 Å². The SMILES string of the molecule is COC(=O)C[C@H](CC(=O)OCc1cccc(O)c1)C(=O)N[C@@H](Cc1ccc(B(O)O)cc1)C(=O)OCc1ccccc1. The summed E-state index contributed by atoms with van der Waals surface area (Å²) in [6, 6.07) is 19.9. The number of amides is 1. The molecule has 4 N–H and O–H groups in total. The van der Waals surface area contributed by atoms with Crippen LogP contribution in [0.25, 0.3) is 0 Å². The maximum Gasteiger partial charge on any atom is 0.488 e. The Balaban J connectivity index is 1.73. The highest BCUT2D eigenvalue weighted by Gasteiger charge is 2.31. The molecule has 0 saturated carbocycles. The fourth-order valence-electron chi connectivity index (χ4n) is 3.99. The molecule has 42 heavy (non-hydrogen) atoms. The van der Waals surface area contributed by atoms with Gasteiger partial charge in [-0.25, -0.2) is 4.79 Å². The van der Waals surface area contributed by atoms with E-state index in [1.165, 1.54) is 24.3 Å². The summed E-state index contributed by atoms with van der Waals surface area (Å²) in [5, 5.41) is 30.9. The van der Waals surface area contributed by atoms with Gasteiger partial charge < -0.3 is 34.7 Å². The first-order valence-corrected chi connectivity index (χ1v) is 13.1. The number of carbonyl (C=O) groups is 4. The van der Waals surface area contributed by atoms with Crippen LogP contribution in [0.3, 0.4) is 0 Å². The first kappa shape index (κ1) is 31.8. The van der Waals surface area contributed by atoms with E-state index in [9.17, 15) is 34.3 Å². The molecule has 0 heterocycles. The molecule has 0 unspecified atom stereocenters. The molecule has 3 aromatic rings. The number of benzene rings is 3. The summed E-state index contributed by atoms with van der Waals surface area (Å²) in [6.07, 6.45) is -0.943. The van der Waals surface area contributed by atoms with Crippen LogP contribution in [0.2, 0.25) is 0 Å². The Labute approximate surface area is 243 Å². The van der Waals surface area contributed by atoms with Gasteiger partial charge in [-0.3, -0.25) is 14.4 Å². The minimum absolute atomic E-state index is 0.00105. The average molecular weight is 577 g/mol. The highest BCUT2D eigenvalue weighted by molar-refractivity contribution is 6.58. The van der Waals surface area contributed by atoms with Crippen molar-refractivity contribution in [2.45, 2.75) is 38.5 Å². The lowest BCUT2D eigenvalue weighted by Crippen LogP contribution is -2.46. The van der Waals surface area contributed by atoms with Crippen molar-refractivity contribution in [3.05, 3.63) is 95.6 Å². The predicted molar refractivity (Wildman–Crippen MR) is 151 cm³/mol. The van der Waals surface area contributed by atoms with Gasteiger partial charge >= 0.3 is 25.0 Å². The van der Waals surface area contributed by atoms with Gasteiger partial charge in [-0.1, -0.05) is 66.7 Å². The molecular formula is C30H32BNO10. The summed E-state index contributed by atoms with van der Waals surface area (Å²) < 4.78 is 15.4. The van der Waals surface area contributed by atoms with E-state index in [4.69, 9.17) is 9.47 Å². The van der Waals surface area contributed by atoms with Gasteiger partial charge in [0.25, 0.3) is 0 Å². The van der Waals surface area contributed by atoms with Gasteiger partial charge in [-0.15, -0.1) is 0 Å². The quantitative estimate of drug-likeness (QED) is 0.124. The molecule has 3 rings (SSSR count). The van der Waals surface area contributed by atoms with Crippen molar-refractivity contribution in [2.75, 3.05) is 7.11 Å². The molecule has 3 aromatic carbocycles. The van der Waals surface area contributed by atoms with Crippen molar-refractivity contribution < 1.29 is 48.5 Å². The summed E-state index contributed by atoms with van der Waals surface area (Å²) in [5.41, 5.74) is 2.08. The van der Waals surface area contributed by atoms with E-state index < -0.39 is 55.7 Å². The van der Waals surface area contributed by atoms with Gasteiger partial charge in [-0.2, -0.15) is 0 Å². The van der Waals surface area contributed by atoms with E-state index in [1.54, 1.807) is 48.5 Å². The van der Waals surface area contributed by atoms with Crippen molar-refractivity contribution in [3.63, 3.8) is 0 Å². The zero-order valence-electron chi connectivity index (χ0n) is 23.0. The Hall–Kier alpha value is -4.68. The van der Waals surface area contributed by atoms with E-state index >= 15 is 0 Å². The van der Waals surface area contributed by atoms with Gasteiger partial charge in [0.2, 0.25) is 5.91 Å². The largest absolute Gasteiger partial charge is 0.508 e. The molecule has 12 heteroatoms. The smallest absolute Gasteiger partial charge is 0.488 e. The van der Waals surface area contributed by atoms with Crippen LogP contribution < -0.4 is 10.8 Å². The Bertz CT molecular complexity index is 1350. The average Bonchev–Trinajstić information content (AvgIpc) is 2.98. The number of phenols is 1. The fourth-order valence-corrected chi connectivity index (χ4v) is 3.99. The molecule has 0 radical (unpaired) electrons. The van der Waals surface area contributed by atoms with Crippen LogP contribution in [0.4, 0.5) is 0 Å². The third kappa shape index (κ3) is 10.4. The first-order chi connectivity index (χ1) is 20.1. The Morgan fingerprint density at radius 1 is 0.786 bits per heavy atom. The second kappa shape index (κ2) is 15.9. The van der Waals surface area contributed by atoms with Crippen LogP contribution in [-0.2, 0) is 53.0 Å². The van der Waals surface area contributed by atoms with Crippen LogP contribution in [0, 0.1) is 5.92 Å². The number of hydrogen-bond acceptors (Lipinski definition) is 10. The molecule has 0 fully saturated rings. The topological polar surface area (TPSA) is 169 Å². The summed E-state index contributed by atoms with van der Waals surface area (Å²) in [7, 11) is -0.523.